The summed E-state index contributed by atoms with van der Waals surface area (Å²) in [6.45, 7) is 8.34. The number of amides is 1. The molecule has 0 radical (unpaired) electrons. The molecule has 25 heavy (non-hydrogen) atoms. The first-order chi connectivity index (χ1) is 12.0. The Hall–Kier alpha value is -2.30. The number of rotatable bonds is 5. The van der Waals surface area contributed by atoms with E-state index in [9.17, 15) is 4.79 Å². The van der Waals surface area contributed by atoms with Crippen LogP contribution in [0.25, 0.3) is 0 Å². The van der Waals surface area contributed by atoms with Gasteiger partial charge in [0, 0.05) is 36.4 Å². The molecule has 0 bridgehead atoms. The molecule has 0 aliphatic carbocycles. The fourth-order valence-electron chi connectivity index (χ4n) is 3.34. The topological polar surface area (TPSA) is 58.4 Å². The lowest BCUT2D eigenvalue weighted by molar-refractivity contribution is -0.116. The Kier molecular flexibility index (Phi) is 5.41. The van der Waals surface area contributed by atoms with Crippen molar-refractivity contribution in [3.05, 3.63) is 41.3 Å². The Morgan fingerprint density at radius 1 is 1.24 bits per heavy atom. The monoisotopic (exact) mass is 341 g/mol. The lowest BCUT2D eigenvalue weighted by Gasteiger charge is -2.32. The van der Waals surface area contributed by atoms with Crippen molar-refractivity contribution in [1.29, 1.82) is 0 Å². The number of hydrogen-bond acceptors (Lipinski definition) is 4. The summed E-state index contributed by atoms with van der Waals surface area (Å²) in [5, 5.41) is 6.90. The summed E-state index contributed by atoms with van der Waals surface area (Å²) in [7, 11) is 0. The molecule has 1 fully saturated rings. The van der Waals surface area contributed by atoms with Gasteiger partial charge in [0.05, 0.1) is 5.69 Å². The number of benzene rings is 1. The van der Waals surface area contributed by atoms with Crippen LogP contribution in [-0.2, 0) is 11.2 Å². The van der Waals surface area contributed by atoms with Crippen LogP contribution in [-0.4, -0.2) is 24.2 Å². The van der Waals surface area contributed by atoms with Gasteiger partial charge in [-0.15, -0.1) is 0 Å². The molecule has 1 aliphatic heterocycles. The van der Waals surface area contributed by atoms with Gasteiger partial charge in [0.2, 0.25) is 5.91 Å². The Morgan fingerprint density at radius 3 is 2.52 bits per heavy atom. The van der Waals surface area contributed by atoms with E-state index in [-0.39, 0.29) is 5.91 Å². The van der Waals surface area contributed by atoms with Crippen molar-refractivity contribution in [3.8, 4) is 0 Å². The number of piperidine rings is 1. The Bertz CT molecular complexity index is 694. The highest BCUT2D eigenvalue weighted by molar-refractivity contribution is 5.91. The summed E-state index contributed by atoms with van der Waals surface area (Å²) >= 11 is 0. The van der Waals surface area contributed by atoms with Gasteiger partial charge < -0.3 is 14.7 Å². The number of nitrogens with zero attached hydrogens (tertiary/aromatic N) is 2. The molecular formula is C20H27N3O2. The molecule has 2 heterocycles. The van der Waals surface area contributed by atoms with Crippen molar-refractivity contribution in [3.63, 3.8) is 0 Å². The predicted molar refractivity (Wildman–Crippen MR) is 100.0 cm³/mol. The summed E-state index contributed by atoms with van der Waals surface area (Å²) in [6, 6.07) is 8.17. The maximum atomic E-state index is 12.2. The van der Waals surface area contributed by atoms with Gasteiger partial charge in [-0.05, 0) is 63.3 Å². The van der Waals surface area contributed by atoms with Gasteiger partial charge in [-0.25, -0.2) is 0 Å². The zero-order chi connectivity index (χ0) is 17.8. The van der Waals surface area contributed by atoms with Gasteiger partial charge in [-0.3, -0.25) is 4.79 Å². The van der Waals surface area contributed by atoms with Gasteiger partial charge in [-0.2, -0.15) is 0 Å². The second kappa shape index (κ2) is 7.72. The Morgan fingerprint density at radius 2 is 1.92 bits per heavy atom. The van der Waals surface area contributed by atoms with Crippen LogP contribution in [0.15, 0.2) is 28.8 Å². The maximum absolute atomic E-state index is 12.2. The molecule has 0 unspecified atom stereocenters. The molecule has 1 aliphatic rings. The number of aromatic nitrogens is 1. The smallest absolute Gasteiger partial charge is 0.224 e. The first-order valence-electron chi connectivity index (χ1n) is 9.09. The van der Waals surface area contributed by atoms with E-state index < -0.39 is 0 Å². The second-order valence-corrected chi connectivity index (χ2v) is 7.07. The van der Waals surface area contributed by atoms with Crippen LogP contribution in [0.4, 0.5) is 11.4 Å². The van der Waals surface area contributed by atoms with Crippen LogP contribution < -0.4 is 10.2 Å². The normalized spacial score (nSPS) is 15.4. The van der Waals surface area contributed by atoms with E-state index in [0.29, 0.717) is 12.8 Å². The zero-order valence-electron chi connectivity index (χ0n) is 15.3. The molecule has 3 rings (SSSR count). The third-order valence-electron chi connectivity index (χ3n) is 5.08. The zero-order valence-corrected chi connectivity index (χ0v) is 15.3. The molecule has 1 aromatic carbocycles. The van der Waals surface area contributed by atoms with Gasteiger partial charge in [0.15, 0.2) is 0 Å². The average molecular weight is 341 g/mol. The van der Waals surface area contributed by atoms with E-state index in [2.05, 4.69) is 34.4 Å². The van der Waals surface area contributed by atoms with Crippen molar-refractivity contribution in [1.82, 2.24) is 5.16 Å². The van der Waals surface area contributed by atoms with Gasteiger partial charge in [0.25, 0.3) is 0 Å². The molecule has 134 valence electrons. The summed E-state index contributed by atoms with van der Waals surface area (Å²) in [5.74, 6) is 1.64. The van der Waals surface area contributed by atoms with E-state index in [1.807, 2.05) is 26.0 Å². The first kappa shape index (κ1) is 17.5. The Balaban J connectivity index is 1.52. The van der Waals surface area contributed by atoms with E-state index in [1.165, 1.54) is 18.5 Å². The standard InChI is InChI=1S/C20H27N3O2/c1-14-10-12-23(13-11-14)18-6-4-17(5-7-18)21-20(24)9-8-19-15(2)22-25-16(19)3/h4-7,14H,8-13H2,1-3H3,(H,21,24). The highest BCUT2D eigenvalue weighted by Gasteiger charge is 2.16. The third kappa shape index (κ3) is 4.41. The minimum Gasteiger partial charge on any atom is -0.372 e. The minimum absolute atomic E-state index is 0.0135. The molecule has 5 nitrogen and oxygen atoms in total. The molecule has 2 aromatic rings. The lowest BCUT2D eigenvalue weighted by atomic mass is 9.99. The summed E-state index contributed by atoms with van der Waals surface area (Å²) in [5.41, 5.74) is 3.98. The quantitative estimate of drug-likeness (QED) is 0.889. The first-order valence-corrected chi connectivity index (χ1v) is 9.09. The van der Waals surface area contributed by atoms with E-state index >= 15 is 0 Å². The fourth-order valence-corrected chi connectivity index (χ4v) is 3.34. The SMILES string of the molecule is Cc1noc(C)c1CCC(=O)Nc1ccc(N2CCC(C)CC2)cc1. The van der Waals surface area contributed by atoms with Gasteiger partial charge in [0.1, 0.15) is 5.76 Å². The molecule has 0 saturated carbocycles. The number of carbonyl (C=O) groups excluding carboxylic acids is 1. The van der Waals surface area contributed by atoms with Crippen molar-refractivity contribution < 1.29 is 9.32 Å². The van der Waals surface area contributed by atoms with Gasteiger partial charge >= 0.3 is 0 Å². The van der Waals surface area contributed by atoms with Crippen molar-refractivity contribution in [2.24, 2.45) is 5.92 Å². The van der Waals surface area contributed by atoms with Crippen molar-refractivity contribution in [2.45, 2.75) is 46.5 Å². The lowest BCUT2D eigenvalue weighted by Crippen LogP contribution is -2.32. The average Bonchev–Trinajstić information content (AvgIpc) is 2.93. The van der Waals surface area contributed by atoms with Crippen molar-refractivity contribution >= 4 is 17.3 Å². The van der Waals surface area contributed by atoms with Crippen LogP contribution in [0.2, 0.25) is 0 Å². The summed E-state index contributed by atoms with van der Waals surface area (Å²) < 4.78 is 5.14. The molecule has 0 spiro atoms. The van der Waals surface area contributed by atoms with Crippen LogP contribution in [0.3, 0.4) is 0 Å². The van der Waals surface area contributed by atoms with Gasteiger partial charge in [-0.1, -0.05) is 12.1 Å². The number of nitrogens with one attached hydrogen (secondary N) is 1. The predicted octanol–water partition coefficient (Wildman–Crippen LogP) is 4.10. The number of hydrogen-bond donors (Lipinski definition) is 1. The van der Waals surface area contributed by atoms with E-state index in [4.69, 9.17) is 4.52 Å². The van der Waals surface area contributed by atoms with Crippen LogP contribution in [0, 0.1) is 19.8 Å². The summed E-state index contributed by atoms with van der Waals surface area (Å²) in [4.78, 5) is 14.6. The molecule has 1 aromatic heterocycles. The van der Waals surface area contributed by atoms with E-state index in [1.54, 1.807) is 0 Å². The van der Waals surface area contributed by atoms with Crippen molar-refractivity contribution in [2.75, 3.05) is 23.3 Å². The maximum Gasteiger partial charge on any atom is 0.224 e. The third-order valence-corrected chi connectivity index (χ3v) is 5.08. The second-order valence-electron chi connectivity index (χ2n) is 7.07. The fraction of sp³-hybridized carbons (Fsp3) is 0.500. The molecule has 1 saturated heterocycles. The largest absolute Gasteiger partial charge is 0.372 e. The molecule has 1 amide bonds. The molecule has 5 heteroatoms. The minimum atomic E-state index is 0.0135. The molecule has 0 atom stereocenters. The Labute approximate surface area is 149 Å². The van der Waals surface area contributed by atoms with E-state index in [0.717, 1.165) is 41.7 Å². The molecular weight excluding hydrogens is 314 g/mol. The highest BCUT2D eigenvalue weighted by atomic mass is 16.5. The van der Waals surface area contributed by atoms with Crippen LogP contribution >= 0.6 is 0 Å². The number of aryl methyl sites for hydroxylation is 2. The summed E-state index contributed by atoms with van der Waals surface area (Å²) in [6.07, 6.45) is 3.58. The number of carbonyl (C=O) groups is 1. The van der Waals surface area contributed by atoms with Crippen LogP contribution in [0.1, 0.15) is 43.2 Å². The van der Waals surface area contributed by atoms with Crippen LogP contribution in [0.5, 0.6) is 0 Å². The molecule has 1 N–H and O–H groups in total. The highest BCUT2D eigenvalue weighted by Crippen LogP contribution is 2.24. The number of anilines is 2.